The highest BCUT2D eigenvalue weighted by Gasteiger charge is 2.22. The molecular formula is C23H34N2O2. The third-order valence-electron chi connectivity index (χ3n) is 4.98. The molecule has 0 bridgehead atoms. The number of nitrogens with zero attached hydrogens (tertiary/aromatic N) is 1. The number of oxime groups is 1. The Bertz CT molecular complexity index is 650. The number of para-hydroxylation sites is 1. The highest BCUT2D eigenvalue weighted by atomic mass is 16.7. The zero-order valence-corrected chi connectivity index (χ0v) is 16.9. The van der Waals surface area contributed by atoms with Gasteiger partial charge in [-0.1, -0.05) is 88.1 Å². The van der Waals surface area contributed by atoms with Crippen LogP contribution in [0.15, 0.2) is 35.0 Å². The van der Waals surface area contributed by atoms with E-state index in [1.54, 1.807) is 6.92 Å². The number of hydrogen-bond acceptors (Lipinski definition) is 4. The summed E-state index contributed by atoms with van der Waals surface area (Å²) in [6, 6.07) is 8.05. The van der Waals surface area contributed by atoms with E-state index in [0.717, 1.165) is 17.8 Å². The number of benzene rings is 1. The van der Waals surface area contributed by atoms with Crippen molar-refractivity contribution < 1.29 is 9.63 Å². The second-order valence-corrected chi connectivity index (χ2v) is 7.31. The number of carbonyl (C=O) groups excluding carboxylic acids is 1. The third-order valence-corrected chi connectivity index (χ3v) is 4.98. The zero-order valence-electron chi connectivity index (χ0n) is 16.9. The average molecular weight is 371 g/mol. The normalized spacial score (nSPS) is 15.1. The SMILES string of the molecule is CCCCCCCCCCCCNc1ccccc1C=C1C(=O)ON=C1C. The summed E-state index contributed by atoms with van der Waals surface area (Å²) in [5.41, 5.74) is 3.20. The van der Waals surface area contributed by atoms with E-state index in [0.29, 0.717) is 11.3 Å². The number of carbonyl (C=O) groups is 1. The molecule has 0 radical (unpaired) electrons. The van der Waals surface area contributed by atoms with Crippen LogP contribution in [0.4, 0.5) is 5.69 Å². The van der Waals surface area contributed by atoms with E-state index in [1.807, 2.05) is 24.3 Å². The Balaban J connectivity index is 1.66. The molecule has 1 N–H and O–H groups in total. The van der Waals surface area contributed by atoms with Gasteiger partial charge in [0.05, 0.1) is 11.3 Å². The molecule has 1 aliphatic rings. The van der Waals surface area contributed by atoms with Gasteiger partial charge in [0.1, 0.15) is 0 Å². The van der Waals surface area contributed by atoms with Crippen LogP contribution >= 0.6 is 0 Å². The predicted molar refractivity (Wildman–Crippen MR) is 114 cm³/mol. The summed E-state index contributed by atoms with van der Waals surface area (Å²) in [4.78, 5) is 16.5. The van der Waals surface area contributed by atoms with Gasteiger partial charge >= 0.3 is 5.97 Å². The Morgan fingerprint density at radius 1 is 0.963 bits per heavy atom. The van der Waals surface area contributed by atoms with Crippen molar-refractivity contribution in [3.8, 4) is 0 Å². The van der Waals surface area contributed by atoms with Crippen LogP contribution in [0.1, 0.15) is 83.6 Å². The van der Waals surface area contributed by atoms with Crippen molar-refractivity contribution in [3.05, 3.63) is 35.4 Å². The van der Waals surface area contributed by atoms with Gasteiger partial charge in [0.25, 0.3) is 0 Å². The van der Waals surface area contributed by atoms with Crippen molar-refractivity contribution in [1.82, 2.24) is 0 Å². The van der Waals surface area contributed by atoms with Crippen LogP contribution in [-0.4, -0.2) is 18.2 Å². The average Bonchev–Trinajstić information content (AvgIpc) is 2.99. The second-order valence-electron chi connectivity index (χ2n) is 7.31. The van der Waals surface area contributed by atoms with Gasteiger partial charge in [-0.2, -0.15) is 0 Å². The van der Waals surface area contributed by atoms with Gasteiger partial charge in [0, 0.05) is 12.2 Å². The quantitative estimate of drug-likeness (QED) is 0.250. The van der Waals surface area contributed by atoms with Crippen molar-refractivity contribution >= 4 is 23.4 Å². The lowest BCUT2D eigenvalue weighted by Gasteiger charge is -2.10. The van der Waals surface area contributed by atoms with Gasteiger partial charge in [0.2, 0.25) is 0 Å². The fourth-order valence-electron chi connectivity index (χ4n) is 3.29. The van der Waals surface area contributed by atoms with Crippen LogP contribution in [0.5, 0.6) is 0 Å². The first-order chi connectivity index (χ1) is 13.2. The van der Waals surface area contributed by atoms with Crippen LogP contribution in [-0.2, 0) is 9.63 Å². The van der Waals surface area contributed by atoms with Gasteiger partial charge in [-0.05, 0) is 31.1 Å². The Hall–Kier alpha value is -2.10. The Morgan fingerprint density at radius 2 is 1.59 bits per heavy atom. The van der Waals surface area contributed by atoms with Crippen LogP contribution in [0.2, 0.25) is 0 Å². The summed E-state index contributed by atoms with van der Waals surface area (Å²) in [5, 5.41) is 7.24. The smallest absolute Gasteiger partial charge is 0.367 e. The number of anilines is 1. The van der Waals surface area contributed by atoms with Crippen molar-refractivity contribution in [2.45, 2.75) is 78.1 Å². The number of rotatable bonds is 13. The summed E-state index contributed by atoms with van der Waals surface area (Å²) < 4.78 is 0. The van der Waals surface area contributed by atoms with Crippen molar-refractivity contribution in [3.63, 3.8) is 0 Å². The number of hydrogen-bond donors (Lipinski definition) is 1. The zero-order chi connectivity index (χ0) is 19.3. The fourth-order valence-corrected chi connectivity index (χ4v) is 3.29. The highest BCUT2D eigenvalue weighted by molar-refractivity contribution is 6.24. The molecule has 4 heteroatoms. The Kier molecular flexibility index (Phi) is 9.67. The summed E-state index contributed by atoms with van der Waals surface area (Å²) in [5.74, 6) is -0.378. The highest BCUT2D eigenvalue weighted by Crippen LogP contribution is 2.22. The molecule has 1 aromatic rings. The molecule has 1 aromatic carbocycles. The molecule has 0 aromatic heterocycles. The number of unbranched alkanes of at least 4 members (excludes halogenated alkanes) is 9. The van der Waals surface area contributed by atoms with Crippen molar-refractivity contribution in [2.24, 2.45) is 5.16 Å². The molecule has 148 valence electrons. The molecule has 0 saturated heterocycles. The van der Waals surface area contributed by atoms with Crippen LogP contribution < -0.4 is 5.32 Å². The lowest BCUT2D eigenvalue weighted by Crippen LogP contribution is -2.05. The first-order valence-corrected chi connectivity index (χ1v) is 10.5. The second kappa shape index (κ2) is 12.3. The minimum Gasteiger partial charge on any atom is -0.385 e. The largest absolute Gasteiger partial charge is 0.385 e. The van der Waals surface area contributed by atoms with E-state index in [-0.39, 0.29) is 5.97 Å². The molecule has 0 fully saturated rings. The van der Waals surface area contributed by atoms with E-state index in [2.05, 4.69) is 23.5 Å². The third kappa shape index (κ3) is 7.58. The summed E-state index contributed by atoms with van der Waals surface area (Å²) >= 11 is 0. The van der Waals surface area contributed by atoms with Gasteiger partial charge in [-0.15, -0.1) is 0 Å². The molecule has 2 rings (SSSR count). The lowest BCUT2D eigenvalue weighted by molar-refractivity contribution is -0.136. The molecule has 0 spiro atoms. The standard InChI is InChI=1S/C23H34N2O2/c1-3-4-5-6-7-8-9-10-11-14-17-24-22-16-13-12-15-20(22)18-21-19(2)25-27-23(21)26/h12-13,15-16,18,24H,3-11,14,17H2,1-2H3. The predicted octanol–water partition coefficient (Wildman–Crippen LogP) is 6.34. The maximum Gasteiger partial charge on any atom is 0.367 e. The minimum atomic E-state index is -0.378. The lowest BCUT2D eigenvalue weighted by atomic mass is 10.1. The summed E-state index contributed by atoms with van der Waals surface area (Å²) in [7, 11) is 0. The van der Waals surface area contributed by atoms with Crippen LogP contribution in [0.3, 0.4) is 0 Å². The molecule has 0 amide bonds. The molecule has 4 nitrogen and oxygen atoms in total. The fraction of sp³-hybridized carbons (Fsp3) is 0.565. The van der Waals surface area contributed by atoms with Crippen molar-refractivity contribution in [1.29, 1.82) is 0 Å². The van der Waals surface area contributed by atoms with E-state index in [4.69, 9.17) is 4.84 Å². The van der Waals surface area contributed by atoms with E-state index in [1.165, 1.54) is 64.2 Å². The van der Waals surface area contributed by atoms with Crippen molar-refractivity contribution in [2.75, 3.05) is 11.9 Å². The van der Waals surface area contributed by atoms with Crippen LogP contribution in [0.25, 0.3) is 6.08 Å². The summed E-state index contributed by atoms with van der Waals surface area (Å²) in [6.45, 7) is 5.01. The summed E-state index contributed by atoms with van der Waals surface area (Å²) in [6.07, 6.45) is 15.3. The Morgan fingerprint density at radius 3 is 2.22 bits per heavy atom. The molecule has 0 atom stereocenters. The minimum absolute atomic E-state index is 0.378. The monoisotopic (exact) mass is 370 g/mol. The van der Waals surface area contributed by atoms with Gasteiger partial charge < -0.3 is 10.2 Å². The van der Waals surface area contributed by atoms with Gasteiger partial charge in [-0.25, -0.2) is 4.79 Å². The molecule has 0 unspecified atom stereocenters. The van der Waals surface area contributed by atoms with Crippen LogP contribution in [0, 0.1) is 0 Å². The number of nitrogens with one attached hydrogen (secondary N) is 1. The molecular weight excluding hydrogens is 336 g/mol. The topological polar surface area (TPSA) is 50.7 Å². The molecule has 1 aliphatic heterocycles. The molecule has 0 aliphatic carbocycles. The maximum absolute atomic E-state index is 11.7. The maximum atomic E-state index is 11.7. The molecule has 27 heavy (non-hydrogen) atoms. The Labute approximate surface area is 164 Å². The first kappa shape index (κ1) is 21.2. The molecule has 1 heterocycles. The first-order valence-electron chi connectivity index (χ1n) is 10.5. The van der Waals surface area contributed by atoms with Gasteiger partial charge in [0.15, 0.2) is 0 Å². The molecule has 0 saturated carbocycles. The van der Waals surface area contributed by atoms with Gasteiger partial charge in [-0.3, -0.25) is 0 Å². The van der Waals surface area contributed by atoms with E-state index >= 15 is 0 Å². The van der Waals surface area contributed by atoms with E-state index in [9.17, 15) is 4.79 Å². The van der Waals surface area contributed by atoms with E-state index < -0.39 is 0 Å².